The van der Waals surface area contributed by atoms with E-state index in [0.29, 0.717) is 12.3 Å². The quantitative estimate of drug-likeness (QED) is 0.323. The molecule has 0 radical (unpaired) electrons. The highest BCUT2D eigenvalue weighted by atomic mass is 16.5. The molecule has 0 heterocycles. The Morgan fingerprint density at radius 3 is 2.62 bits per heavy atom. The van der Waals surface area contributed by atoms with Gasteiger partial charge in [0, 0.05) is 6.54 Å². The number of amides is 1. The van der Waals surface area contributed by atoms with Gasteiger partial charge in [0.1, 0.15) is 0 Å². The van der Waals surface area contributed by atoms with Gasteiger partial charge in [-0.25, -0.2) is 0 Å². The Morgan fingerprint density at radius 1 is 1.19 bits per heavy atom. The van der Waals surface area contributed by atoms with Crippen molar-refractivity contribution < 1.29 is 9.53 Å². The molecule has 1 rings (SSSR count). The van der Waals surface area contributed by atoms with E-state index in [4.69, 9.17) is 4.74 Å². The molecule has 3 heteroatoms. The van der Waals surface area contributed by atoms with Crippen LogP contribution in [0.2, 0.25) is 0 Å². The highest BCUT2D eigenvalue weighted by Gasteiger charge is 2.07. The maximum atomic E-state index is 11.9. The minimum absolute atomic E-state index is 0.160. The van der Waals surface area contributed by atoms with Crippen molar-refractivity contribution in [2.24, 2.45) is 0 Å². The van der Waals surface area contributed by atoms with Gasteiger partial charge in [-0.1, -0.05) is 68.7 Å². The minimum Gasteiger partial charge on any atom is -0.491 e. The Labute approximate surface area is 127 Å². The molecule has 1 amide bonds. The Morgan fingerprint density at radius 2 is 1.95 bits per heavy atom. The second-order valence-corrected chi connectivity index (χ2v) is 4.82. The Kier molecular flexibility index (Phi) is 8.69. The molecule has 21 heavy (non-hydrogen) atoms. The third kappa shape index (κ3) is 7.35. The summed E-state index contributed by atoms with van der Waals surface area (Å²) in [5.74, 6) is 0.171. The van der Waals surface area contributed by atoms with Gasteiger partial charge in [-0.2, -0.15) is 0 Å². The first-order valence-electron chi connectivity index (χ1n) is 7.53. The van der Waals surface area contributed by atoms with Crippen LogP contribution in [-0.4, -0.2) is 19.6 Å². The summed E-state index contributed by atoms with van der Waals surface area (Å²) in [7, 11) is 1.51. The molecule has 0 fully saturated rings. The normalized spacial score (nSPS) is 11.6. The standard InChI is InChI=1S/C18H25NO2/c1-3-4-5-9-15-19-18(20)17(21-2)14-10-13-16-11-7-6-8-12-16/h6-8,10-14H,3-5,9,15H2,1-2H3,(H,19,20)/b13-10+,17-14+. The third-order valence-corrected chi connectivity index (χ3v) is 3.10. The van der Waals surface area contributed by atoms with Gasteiger partial charge in [-0.3, -0.25) is 4.79 Å². The fraction of sp³-hybridized carbons (Fsp3) is 0.389. The van der Waals surface area contributed by atoms with Crippen LogP contribution in [0.25, 0.3) is 6.08 Å². The van der Waals surface area contributed by atoms with E-state index in [1.165, 1.54) is 20.0 Å². The summed E-state index contributed by atoms with van der Waals surface area (Å²) in [5.41, 5.74) is 1.09. The van der Waals surface area contributed by atoms with Crippen LogP contribution in [0.1, 0.15) is 38.2 Å². The molecule has 0 aliphatic heterocycles. The first-order chi connectivity index (χ1) is 10.3. The lowest BCUT2D eigenvalue weighted by Crippen LogP contribution is -2.26. The van der Waals surface area contributed by atoms with E-state index in [0.717, 1.165) is 18.4 Å². The topological polar surface area (TPSA) is 38.3 Å². The molecule has 0 saturated carbocycles. The number of hydrogen-bond donors (Lipinski definition) is 1. The monoisotopic (exact) mass is 287 g/mol. The number of carbonyl (C=O) groups is 1. The van der Waals surface area contributed by atoms with E-state index in [2.05, 4.69) is 12.2 Å². The van der Waals surface area contributed by atoms with E-state index in [1.54, 1.807) is 6.08 Å². The summed E-state index contributed by atoms with van der Waals surface area (Å²) in [6, 6.07) is 9.93. The SMILES string of the molecule is CCCCCCNC(=O)/C(=C\C=C\c1ccccc1)OC. The summed E-state index contributed by atoms with van der Waals surface area (Å²) in [5, 5.41) is 2.88. The number of hydrogen-bond acceptors (Lipinski definition) is 2. The summed E-state index contributed by atoms with van der Waals surface area (Å²) in [6.45, 7) is 2.87. The predicted octanol–water partition coefficient (Wildman–Crippen LogP) is 3.93. The summed E-state index contributed by atoms with van der Waals surface area (Å²) >= 11 is 0. The van der Waals surface area contributed by atoms with Crippen molar-refractivity contribution in [3.8, 4) is 0 Å². The number of unbranched alkanes of at least 4 members (excludes halogenated alkanes) is 3. The predicted molar refractivity (Wildman–Crippen MR) is 87.7 cm³/mol. The summed E-state index contributed by atoms with van der Waals surface area (Å²) in [4.78, 5) is 11.9. The second kappa shape index (κ2) is 10.7. The molecule has 0 aliphatic rings. The van der Waals surface area contributed by atoms with Crippen LogP contribution in [0, 0.1) is 0 Å². The van der Waals surface area contributed by atoms with Gasteiger partial charge in [0.05, 0.1) is 7.11 Å². The van der Waals surface area contributed by atoms with Crippen molar-refractivity contribution in [1.29, 1.82) is 0 Å². The molecule has 0 unspecified atom stereocenters. The molecule has 1 aromatic carbocycles. The molecule has 0 bridgehead atoms. The van der Waals surface area contributed by atoms with Crippen molar-refractivity contribution in [2.75, 3.05) is 13.7 Å². The van der Waals surface area contributed by atoms with Crippen molar-refractivity contribution >= 4 is 12.0 Å². The molecule has 114 valence electrons. The van der Waals surface area contributed by atoms with Crippen molar-refractivity contribution in [2.45, 2.75) is 32.6 Å². The average Bonchev–Trinajstić information content (AvgIpc) is 2.52. The lowest BCUT2D eigenvalue weighted by atomic mass is 10.2. The van der Waals surface area contributed by atoms with Crippen LogP contribution < -0.4 is 5.32 Å². The van der Waals surface area contributed by atoms with E-state index in [9.17, 15) is 4.79 Å². The van der Waals surface area contributed by atoms with E-state index < -0.39 is 0 Å². The van der Waals surface area contributed by atoms with E-state index in [1.807, 2.05) is 42.5 Å². The number of ether oxygens (including phenoxy) is 1. The molecule has 1 aromatic rings. The van der Waals surface area contributed by atoms with Crippen molar-refractivity contribution in [3.63, 3.8) is 0 Å². The highest BCUT2D eigenvalue weighted by molar-refractivity contribution is 5.91. The van der Waals surface area contributed by atoms with Crippen LogP contribution in [0.4, 0.5) is 0 Å². The number of benzene rings is 1. The van der Waals surface area contributed by atoms with Crippen LogP contribution >= 0.6 is 0 Å². The van der Waals surface area contributed by atoms with Crippen LogP contribution in [0.15, 0.2) is 48.2 Å². The zero-order valence-corrected chi connectivity index (χ0v) is 13.0. The molecule has 0 aromatic heterocycles. The largest absolute Gasteiger partial charge is 0.491 e. The lowest BCUT2D eigenvalue weighted by molar-refractivity contribution is -0.120. The number of methoxy groups -OCH3 is 1. The fourth-order valence-corrected chi connectivity index (χ4v) is 1.89. The zero-order chi connectivity index (χ0) is 15.3. The Bertz CT molecular complexity index is 463. The number of nitrogens with one attached hydrogen (secondary N) is 1. The first-order valence-corrected chi connectivity index (χ1v) is 7.53. The maximum Gasteiger partial charge on any atom is 0.286 e. The number of allylic oxidation sites excluding steroid dienone is 2. The molecular formula is C18H25NO2. The van der Waals surface area contributed by atoms with E-state index in [-0.39, 0.29) is 5.91 Å². The highest BCUT2D eigenvalue weighted by Crippen LogP contribution is 2.03. The molecule has 0 saturated heterocycles. The Hall–Kier alpha value is -2.03. The van der Waals surface area contributed by atoms with Crippen molar-refractivity contribution in [1.82, 2.24) is 5.32 Å². The number of carbonyl (C=O) groups excluding carboxylic acids is 1. The van der Waals surface area contributed by atoms with Gasteiger partial charge in [-0.15, -0.1) is 0 Å². The van der Waals surface area contributed by atoms with Gasteiger partial charge in [0.25, 0.3) is 5.91 Å². The fourth-order valence-electron chi connectivity index (χ4n) is 1.89. The average molecular weight is 287 g/mol. The minimum atomic E-state index is -0.160. The van der Waals surface area contributed by atoms with Crippen LogP contribution in [-0.2, 0) is 9.53 Å². The Balaban J connectivity index is 2.43. The van der Waals surface area contributed by atoms with Crippen molar-refractivity contribution in [3.05, 3.63) is 53.8 Å². The second-order valence-electron chi connectivity index (χ2n) is 4.82. The van der Waals surface area contributed by atoms with Gasteiger partial charge >= 0.3 is 0 Å². The summed E-state index contributed by atoms with van der Waals surface area (Å²) in [6.07, 6.45) is 10.0. The summed E-state index contributed by atoms with van der Waals surface area (Å²) < 4.78 is 5.13. The first kappa shape index (κ1) is 17.0. The maximum absolute atomic E-state index is 11.9. The van der Waals surface area contributed by atoms with E-state index >= 15 is 0 Å². The molecule has 0 aliphatic carbocycles. The van der Waals surface area contributed by atoms with Gasteiger partial charge in [0.2, 0.25) is 0 Å². The zero-order valence-electron chi connectivity index (χ0n) is 13.0. The molecule has 0 atom stereocenters. The van der Waals surface area contributed by atoms with Gasteiger partial charge in [0.15, 0.2) is 5.76 Å². The lowest BCUT2D eigenvalue weighted by Gasteiger charge is -2.07. The molecule has 0 spiro atoms. The van der Waals surface area contributed by atoms with Crippen LogP contribution in [0.3, 0.4) is 0 Å². The smallest absolute Gasteiger partial charge is 0.286 e. The third-order valence-electron chi connectivity index (χ3n) is 3.10. The van der Waals surface area contributed by atoms with Gasteiger partial charge in [-0.05, 0) is 18.1 Å². The molecule has 3 nitrogen and oxygen atoms in total. The number of rotatable bonds is 9. The molecular weight excluding hydrogens is 262 g/mol. The molecule has 1 N–H and O–H groups in total. The van der Waals surface area contributed by atoms with Gasteiger partial charge < -0.3 is 10.1 Å². The van der Waals surface area contributed by atoms with Crippen LogP contribution in [0.5, 0.6) is 0 Å².